The quantitative estimate of drug-likeness (QED) is 0.759. The van der Waals surface area contributed by atoms with E-state index in [0.29, 0.717) is 18.1 Å². The predicted octanol–water partition coefficient (Wildman–Crippen LogP) is 2.60. The summed E-state index contributed by atoms with van der Waals surface area (Å²) in [5.74, 6) is 0.748. The normalized spacial score (nSPS) is 34.1. The Kier molecular flexibility index (Phi) is 3.96. The van der Waals surface area contributed by atoms with Crippen molar-refractivity contribution >= 4 is 0 Å². The fourth-order valence-corrected chi connectivity index (χ4v) is 2.66. The molecular formula is C12H24O2. The smallest absolute Gasteiger partial charge is 0.0745 e. The van der Waals surface area contributed by atoms with Crippen LogP contribution in [0.15, 0.2) is 0 Å². The third-order valence-electron chi connectivity index (χ3n) is 2.92. The average molecular weight is 200 g/mol. The van der Waals surface area contributed by atoms with Crippen LogP contribution in [-0.4, -0.2) is 23.9 Å². The average Bonchev–Trinajstić information content (AvgIpc) is 1.96. The minimum absolute atomic E-state index is 0.338. The summed E-state index contributed by atoms with van der Waals surface area (Å²) < 4.78 is 5.70. The number of hydrogen-bond acceptors (Lipinski definition) is 2. The van der Waals surface area contributed by atoms with Crippen molar-refractivity contribution in [1.29, 1.82) is 0 Å². The molecule has 0 saturated heterocycles. The Morgan fingerprint density at radius 3 is 2.57 bits per heavy atom. The number of rotatable bonds is 3. The molecule has 1 aliphatic rings. The molecule has 0 heterocycles. The van der Waals surface area contributed by atoms with Crippen LogP contribution in [0.4, 0.5) is 0 Å². The third-order valence-corrected chi connectivity index (χ3v) is 2.92. The Morgan fingerprint density at radius 1 is 1.43 bits per heavy atom. The van der Waals surface area contributed by atoms with E-state index in [-0.39, 0.29) is 6.10 Å². The molecule has 2 heteroatoms. The molecular weight excluding hydrogens is 176 g/mol. The Hall–Kier alpha value is -0.0800. The van der Waals surface area contributed by atoms with Gasteiger partial charge < -0.3 is 9.84 Å². The van der Waals surface area contributed by atoms with Crippen LogP contribution < -0.4 is 0 Å². The molecule has 84 valence electrons. The zero-order valence-corrected chi connectivity index (χ0v) is 9.92. The van der Waals surface area contributed by atoms with Gasteiger partial charge in [-0.15, -0.1) is 0 Å². The van der Waals surface area contributed by atoms with Gasteiger partial charge in [0.1, 0.15) is 0 Å². The highest BCUT2D eigenvalue weighted by atomic mass is 16.5. The van der Waals surface area contributed by atoms with Crippen LogP contribution in [0.2, 0.25) is 0 Å². The first-order chi connectivity index (χ1) is 6.39. The fraction of sp³-hybridized carbons (Fsp3) is 1.00. The van der Waals surface area contributed by atoms with E-state index >= 15 is 0 Å². The van der Waals surface area contributed by atoms with Crippen LogP contribution in [0.1, 0.15) is 47.0 Å². The topological polar surface area (TPSA) is 29.5 Å². The van der Waals surface area contributed by atoms with E-state index in [1.165, 1.54) is 6.42 Å². The van der Waals surface area contributed by atoms with Gasteiger partial charge in [-0.05, 0) is 37.5 Å². The van der Waals surface area contributed by atoms with Crippen LogP contribution >= 0.6 is 0 Å². The molecule has 1 N–H and O–H groups in total. The zero-order chi connectivity index (χ0) is 10.8. The summed E-state index contributed by atoms with van der Waals surface area (Å²) in [5, 5.41) is 9.15. The van der Waals surface area contributed by atoms with Crippen LogP contribution in [-0.2, 0) is 4.74 Å². The standard InChI is InChI=1S/C12H24O2/c1-9-5-11(14-8-10(2)13)7-12(3,4)6-9/h9-11,13H,5-8H2,1-4H3/t9?,10-,11?/m0/s1. The lowest BCUT2D eigenvalue weighted by atomic mass is 9.71. The molecule has 0 aliphatic heterocycles. The predicted molar refractivity (Wildman–Crippen MR) is 58.2 cm³/mol. The van der Waals surface area contributed by atoms with Gasteiger partial charge in [0, 0.05) is 0 Å². The van der Waals surface area contributed by atoms with Gasteiger partial charge in [-0.25, -0.2) is 0 Å². The van der Waals surface area contributed by atoms with Gasteiger partial charge in [-0.1, -0.05) is 20.8 Å². The highest BCUT2D eigenvalue weighted by Crippen LogP contribution is 2.39. The van der Waals surface area contributed by atoms with Crippen molar-refractivity contribution in [2.45, 2.75) is 59.2 Å². The molecule has 0 amide bonds. The van der Waals surface area contributed by atoms with Crippen molar-refractivity contribution in [3.63, 3.8) is 0 Å². The van der Waals surface area contributed by atoms with Crippen LogP contribution in [0.5, 0.6) is 0 Å². The van der Waals surface area contributed by atoms with Crippen LogP contribution in [0.3, 0.4) is 0 Å². The van der Waals surface area contributed by atoms with E-state index < -0.39 is 0 Å². The SMILES string of the molecule is CC1CC(OC[C@H](C)O)CC(C)(C)C1. The molecule has 2 unspecified atom stereocenters. The molecule has 2 nitrogen and oxygen atoms in total. The maximum absolute atomic E-state index is 9.15. The molecule has 1 rings (SSSR count). The summed E-state index contributed by atoms with van der Waals surface area (Å²) in [6.45, 7) is 9.16. The Morgan fingerprint density at radius 2 is 2.07 bits per heavy atom. The molecule has 0 aromatic heterocycles. The Labute approximate surface area is 87.7 Å². The van der Waals surface area contributed by atoms with E-state index in [0.717, 1.165) is 18.8 Å². The molecule has 0 aromatic carbocycles. The first-order valence-corrected chi connectivity index (χ1v) is 5.69. The van der Waals surface area contributed by atoms with Gasteiger partial charge in [0.05, 0.1) is 18.8 Å². The van der Waals surface area contributed by atoms with Gasteiger partial charge in [0.15, 0.2) is 0 Å². The third kappa shape index (κ3) is 3.97. The van der Waals surface area contributed by atoms with E-state index in [2.05, 4.69) is 20.8 Å². The van der Waals surface area contributed by atoms with Gasteiger partial charge in [0.2, 0.25) is 0 Å². The molecule has 1 fully saturated rings. The lowest BCUT2D eigenvalue weighted by molar-refractivity contribution is -0.0518. The van der Waals surface area contributed by atoms with Gasteiger partial charge in [0.25, 0.3) is 0 Å². The first kappa shape index (κ1) is 12.0. The van der Waals surface area contributed by atoms with E-state index in [1.54, 1.807) is 6.92 Å². The van der Waals surface area contributed by atoms with E-state index in [9.17, 15) is 0 Å². The summed E-state index contributed by atoms with van der Waals surface area (Å²) in [6, 6.07) is 0. The largest absolute Gasteiger partial charge is 0.391 e. The summed E-state index contributed by atoms with van der Waals surface area (Å²) >= 11 is 0. The number of aliphatic hydroxyl groups excluding tert-OH is 1. The highest BCUT2D eigenvalue weighted by molar-refractivity contribution is 4.83. The van der Waals surface area contributed by atoms with Crippen LogP contribution in [0.25, 0.3) is 0 Å². The molecule has 0 bridgehead atoms. The zero-order valence-electron chi connectivity index (χ0n) is 9.92. The second-order valence-electron chi connectivity index (χ2n) is 5.72. The molecule has 0 radical (unpaired) electrons. The second-order valence-corrected chi connectivity index (χ2v) is 5.72. The maximum atomic E-state index is 9.15. The first-order valence-electron chi connectivity index (χ1n) is 5.69. The van der Waals surface area contributed by atoms with E-state index in [1.807, 2.05) is 0 Å². The Balaban J connectivity index is 2.38. The number of ether oxygens (including phenoxy) is 1. The van der Waals surface area contributed by atoms with Gasteiger partial charge in [-0.2, -0.15) is 0 Å². The van der Waals surface area contributed by atoms with Crippen molar-refractivity contribution in [3.05, 3.63) is 0 Å². The van der Waals surface area contributed by atoms with Crippen molar-refractivity contribution in [2.75, 3.05) is 6.61 Å². The van der Waals surface area contributed by atoms with Crippen molar-refractivity contribution < 1.29 is 9.84 Å². The molecule has 1 aliphatic carbocycles. The fourth-order valence-electron chi connectivity index (χ4n) is 2.66. The summed E-state index contributed by atoms with van der Waals surface area (Å²) in [6.07, 6.45) is 3.58. The monoisotopic (exact) mass is 200 g/mol. The van der Waals surface area contributed by atoms with E-state index in [4.69, 9.17) is 9.84 Å². The highest BCUT2D eigenvalue weighted by Gasteiger charge is 2.32. The lowest BCUT2D eigenvalue weighted by Crippen LogP contribution is -2.33. The lowest BCUT2D eigenvalue weighted by Gasteiger charge is -2.38. The minimum Gasteiger partial charge on any atom is -0.391 e. The maximum Gasteiger partial charge on any atom is 0.0745 e. The molecule has 0 spiro atoms. The Bertz CT molecular complexity index is 175. The van der Waals surface area contributed by atoms with Crippen molar-refractivity contribution in [1.82, 2.24) is 0 Å². The number of aliphatic hydroxyl groups is 1. The summed E-state index contributed by atoms with van der Waals surface area (Å²) in [5.41, 5.74) is 0.404. The minimum atomic E-state index is -0.338. The van der Waals surface area contributed by atoms with Gasteiger partial charge >= 0.3 is 0 Å². The van der Waals surface area contributed by atoms with Gasteiger partial charge in [-0.3, -0.25) is 0 Å². The summed E-state index contributed by atoms with van der Waals surface area (Å²) in [4.78, 5) is 0. The summed E-state index contributed by atoms with van der Waals surface area (Å²) in [7, 11) is 0. The van der Waals surface area contributed by atoms with Crippen LogP contribution in [0, 0.1) is 11.3 Å². The molecule has 3 atom stereocenters. The second kappa shape index (κ2) is 4.63. The molecule has 14 heavy (non-hydrogen) atoms. The van der Waals surface area contributed by atoms with Crippen molar-refractivity contribution in [2.24, 2.45) is 11.3 Å². The molecule has 0 aromatic rings. The van der Waals surface area contributed by atoms with Crippen molar-refractivity contribution in [3.8, 4) is 0 Å². The number of hydrogen-bond donors (Lipinski definition) is 1. The molecule has 1 saturated carbocycles.